The number of hydrogen-bond donors (Lipinski definition) is 1. The number of hydrogen-bond acceptors (Lipinski definition) is 4. The molecule has 4 nitrogen and oxygen atoms in total. The van der Waals surface area contributed by atoms with Crippen LogP contribution in [0.5, 0.6) is 0 Å². The summed E-state index contributed by atoms with van der Waals surface area (Å²) in [7, 11) is 0. The van der Waals surface area contributed by atoms with E-state index in [2.05, 4.69) is 28.3 Å². The lowest BCUT2D eigenvalue weighted by atomic mass is 10.1. The Morgan fingerprint density at radius 2 is 2.00 bits per heavy atom. The lowest BCUT2D eigenvalue weighted by Crippen LogP contribution is -2.04. The van der Waals surface area contributed by atoms with Gasteiger partial charge in [0.1, 0.15) is 11.9 Å². The van der Waals surface area contributed by atoms with Crippen molar-refractivity contribution in [3.05, 3.63) is 42.2 Å². The molecule has 18 heavy (non-hydrogen) atoms. The second-order valence-corrected chi connectivity index (χ2v) is 3.87. The van der Waals surface area contributed by atoms with Crippen LogP contribution in [-0.4, -0.2) is 16.5 Å². The van der Waals surface area contributed by atoms with Crippen LogP contribution in [0.25, 0.3) is 11.3 Å². The van der Waals surface area contributed by atoms with Gasteiger partial charge >= 0.3 is 0 Å². The first kappa shape index (κ1) is 12.1. The summed E-state index contributed by atoms with van der Waals surface area (Å²) in [5.74, 6) is 0.647. The van der Waals surface area contributed by atoms with Crippen LogP contribution in [0.2, 0.25) is 0 Å². The van der Waals surface area contributed by atoms with Crippen LogP contribution in [-0.2, 0) is 0 Å². The molecule has 0 aliphatic heterocycles. The number of nitrogens with one attached hydrogen (secondary N) is 1. The second-order valence-electron chi connectivity index (χ2n) is 3.87. The zero-order valence-electron chi connectivity index (χ0n) is 10.2. The van der Waals surface area contributed by atoms with E-state index in [-0.39, 0.29) is 0 Å². The molecule has 2 aromatic rings. The van der Waals surface area contributed by atoms with Gasteiger partial charge in [0.2, 0.25) is 0 Å². The Kier molecular flexibility index (Phi) is 3.87. The quantitative estimate of drug-likeness (QED) is 0.889. The van der Waals surface area contributed by atoms with Gasteiger partial charge in [0.25, 0.3) is 0 Å². The van der Waals surface area contributed by atoms with E-state index in [1.165, 1.54) is 0 Å². The first-order valence-electron chi connectivity index (χ1n) is 5.90. The maximum atomic E-state index is 9.04. The highest BCUT2D eigenvalue weighted by molar-refractivity contribution is 5.64. The van der Waals surface area contributed by atoms with Gasteiger partial charge in [-0.05, 0) is 30.7 Å². The van der Waals surface area contributed by atoms with Gasteiger partial charge in [-0.15, -0.1) is 0 Å². The van der Waals surface area contributed by atoms with Gasteiger partial charge in [-0.25, -0.2) is 4.98 Å². The molecule has 0 amide bonds. The summed E-state index contributed by atoms with van der Waals surface area (Å²) >= 11 is 0. The molecule has 0 spiro atoms. The number of nitrogens with zero attached hydrogens (tertiary/aromatic N) is 3. The third-order valence-electron chi connectivity index (χ3n) is 2.53. The zero-order valence-corrected chi connectivity index (χ0v) is 10.2. The smallest absolute Gasteiger partial charge is 0.144 e. The molecule has 0 saturated carbocycles. The first-order chi connectivity index (χ1) is 8.85. The van der Waals surface area contributed by atoms with Gasteiger partial charge in [0, 0.05) is 24.5 Å². The number of aromatic nitrogens is 2. The highest BCUT2D eigenvalue weighted by atomic mass is 15.0. The Hall–Kier alpha value is -2.41. The summed E-state index contributed by atoms with van der Waals surface area (Å²) < 4.78 is 0. The Labute approximate surface area is 106 Å². The van der Waals surface area contributed by atoms with Gasteiger partial charge in [0.15, 0.2) is 0 Å². The lowest BCUT2D eigenvalue weighted by molar-refractivity contribution is 0.968. The Bertz CT molecular complexity index is 558. The van der Waals surface area contributed by atoms with Crippen LogP contribution >= 0.6 is 0 Å². The molecule has 1 N–H and O–H groups in total. The van der Waals surface area contributed by atoms with Crippen LogP contribution < -0.4 is 5.32 Å². The molecule has 2 aromatic heterocycles. The number of nitriles is 1. The minimum Gasteiger partial charge on any atom is -0.369 e. The fraction of sp³-hybridized carbons (Fsp3) is 0.214. The molecular weight excluding hydrogens is 224 g/mol. The molecule has 2 heterocycles. The van der Waals surface area contributed by atoms with Crippen molar-refractivity contribution in [3.63, 3.8) is 0 Å². The molecule has 0 aliphatic carbocycles. The first-order valence-corrected chi connectivity index (χ1v) is 5.90. The molecule has 0 radical (unpaired) electrons. The van der Waals surface area contributed by atoms with Crippen LogP contribution in [0, 0.1) is 11.3 Å². The number of pyridine rings is 2. The third kappa shape index (κ3) is 2.64. The molecule has 90 valence electrons. The predicted octanol–water partition coefficient (Wildman–Crippen LogP) is 2.84. The average molecular weight is 238 g/mol. The van der Waals surface area contributed by atoms with E-state index in [1.807, 2.05) is 18.2 Å². The van der Waals surface area contributed by atoms with E-state index < -0.39 is 0 Å². The molecule has 0 fully saturated rings. The monoisotopic (exact) mass is 238 g/mol. The molecule has 0 atom stereocenters. The molecule has 2 rings (SSSR count). The van der Waals surface area contributed by atoms with Gasteiger partial charge < -0.3 is 5.32 Å². The van der Waals surface area contributed by atoms with Gasteiger partial charge in [0.05, 0.1) is 11.3 Å². The van der Waals surface area contributed by atoms with Crippen LogP contribution in [0.15, 0.2) is 36.7 Å². The molecule has 0 aliphatic rings. The topological polar surface area (TPSA) is 61.6 Å². The van der Waals surface area contributed by atoms with E-state index in [4.69, 9.17) is 5.26 Å². The average Bonchev–Trinajstić information content (AvgIpc) is 2.45. The summed E-state index contributed by atoms with van der Waals surface area (Å²) in [6.07, 6.45) is 4.45. The Balaban J connectivity index is 2.37. The highest BCUT2D eigenvalue weighted by Crippen LogP contribution is 2.20. The lowest BCUT2D eigenvalue weighted by Gasteiger charge is -2.08. The largest absolute Gasteiger partial charge is 0.369 e. The van der Waals surface area contributed by atoms with Crippen LogP contribution in [0.4, 0.5) is 5.82 Å². The standard InChI is InChI=1S/C14H14N4/c1-2-7-17-14-12(10-15)3-4-13(18-14)11-5-8-16-9-6-11/h3-6,8-9H,2,7H2,1H3,(H,17,18). The SMILES string of the molecule is CCCNc1nc(-c2ccncc2)ccc1C#N. The van der Waals surface area contributed by atoms with Crippen molar-refractivity contribution in [2.75, 3.05) is 11.9 Å². The fourth-order valence-corrected chi connectivity index (χ4v) is 1.61. The summed E-state index contributed by atoms with van der Waals surface area (Å²) in [4.78, 5) is 8.47. The van der Waals surface area contributed by atoms with E-state index in [0.29, 0.717) is 11.4 Å². The summed E-state index contributed by atoms with van der Waals surface area (Å²) in [6, 6.07) is 9.59. The molecule has 0 aromatic carbocycles. The normalized spacial score (nSPS) is 9.78. The van der Waals surface area contributed by atoms with E-state index in [1.54, 1.807) is 18.5 Å². The maximum Gasteiger partial charge on any atom is 0.144 e. The number of rotatable bonds is 4. The predicted molar refractivity (Wildman–Crippen MR) is 71.0 cm³/mol. The van der Waals surface area contributed by atoms with Crippen molar-refractivity contribution < 1.29 is 0 Å². The fourth-order valence-electron chi connectivity index (χ4n) is 1.61. The minimum atomic E-state index is 0.571. The third-order valence-corrected chi connectivity index (χ3v) is 2.53. The highest BCUT2D eigenvalue weighted by Gasteiger charge is 2.06. The van der Waals surface area contributed by atoms with E-state index in [0.717, 1.165) is 24.2 Å². The van der Waals surface area contributed by atoms with Crippen molar-refractivity contribution in [1.29, 1.82) is 5.26 Å². The van der Waals surface area contributed by atoms with Crippen LogP contribution in [0.3, 0.4) is 0 Å². The van der Waals surface area contributed by atoms with Crippen molar-refractivity contribution in [2.45, 2.75) is 13.3 Å². The molecule has 0 bridgehead atoms. The van der Waals surface area contributed by atoms with E-state index in [9.17, 15) is 0 Å². The van der Waals surface area contributed by atoms with Gasteiger partial charge in [-0.3, -0.25) is 4.98 Å². The summed E-state index contributed by atoms with van der Waals surface area (Å²) in [5, 5.41) is 12.2. The summed E-state index contributed by atoms with van der Waals surface area (Å²) in [6.45, 7) is 2.88. The second kappa shape index (κ2) is 5.78. The zero-order chi connectivity index (χ0) is 12.8. The van der Waals surface area contributed by atoms with Crippen molar-refractivity contribution in [3.8, 4) is 17.3 Å². The Morgan fingerprint density at radius 1 is 1.22 bits per heavy atom. The summed E-state index contributed by atoms with van der Waals surface area (Å²) in [5.41, 5.74) is 2.41. The van der Waals surface area contributed by atoms with Gasteiger partial charge in [-0.1, -0.05) is 6.92 Å². The van der Waals surface area contributed by atoms with Crippen molar-refractivity contribution >= 4 is 5.82 Å². The molecular formula is C14H14N4. The van der Waals surface area contributed by atoms with E-state index >= 15 is 0 Å². The molecule has 0 unspecified atom stereocenters. The number of anilines is 1. The maximum absolute atomic E-state index is 9.04. The van der Waals surface area contributed by atoms with Crippen molar-refractivity contribution in [2.24, 2.45) is 0 Å². The van der Waals surface area contributed by atoms with Gasteiger partial charge in [-0.2, -0.15) is 5.26 Å². The van der Waals surface area contributed by atoms with Crippen molar-refractivity contribution in [1.82, 2.24) is 9.97 Å². The Morgan fingerprint density at radius 3 is 2.67 bits per heavy atom. The molecule has 0 saturated heterocycles. The minimum absolute atomic E-state index is 0.571. The molecule has 4 heteroatoms. The van der Waals surface area contributed by atoms with Crippen LogP contribution in [0.1, 0.15) is 18.9 Å².